The Hall–Kier alpha value is -1.51. The number of thiocarbonyl (C=S) groups is 1. The van der Waals surface area contributed by atoms with Crippen LogP contribution in [-0.4, -0.2) is 16.2 Å². The molecule has 0 spiro atoms. The lowest BCUT2D eigenvalue weighted by atomic mass is 9.73. The number of aryl methyl sites for hydroxylation is 1. The molecule has 120 valence electrons. The van der Waals surface area contributed by atoms with Gasteiger partial charge in [0.1, 0.15) is 0 Å². The third kappa shape index (κ3) is 4.02. The molecule has 22 heavy (non-hydrogen) atoms. The molecule has 1 aromatic rings. The third-order valence-corrected chi connectivity index (χ3v) is 3.73. The van der Waals surface area contributed by atoms with Crippen LogP contribution in [0.3, 0.4) is 0 Å². The van der Waals surface area contributed by atoms with Crippen molar-refractivity contribution in [3.05, 3.63) is 34.4 Å². The molecule has 1 rings (SSSR count). The Balaban J connectivity index is 3.91. The van der Waals surface area contributed by atoms with Crippen LogP contribution in [0.25, 0.3) is 0 Å². The molecule has 0 aliphatic rings. The average molecular weight is 319 g/mol. The lowest BCUT2D eigenvalue weighted by Crippen LogP contribution is -2.25. The first kappa shape index (κ1) is 18.5. The predicted octanol–water partition coefficient (Wildman–Crippen LogP) is 4.82. The second kappa shape index (κ2) is 6.31. The summed E-state index contributed by atoms with van der Waals surface area (Å²) in [7, 11) is 0. The molecule has 1 N–H and O–H groups in total. The SMILES string of the molecule is Cc1cc(C(C)(C)C)c(C(N=C=S)C(=O)O)c(C(C)(C)C)c1. The quantitative estimate of drug-likeness (QED) is 0.642. The van der Waals surface area contributed by atoms with Gasteiger partial charge in [-0.2, -0.15) is 0 Å². The van der Waals surface area contributed by atoms with E-state index < -0.39 is 12.0 Å². The lowest BCUT2D eigenvalue weighted by Gasteiger charge is -2.32. The van der Waals surface area contributed by atoms with Gasteiger partial charge in [-0.3, -0.25) is 0 Å². The Kier molecular flexibility index (Phi) is 5.32. The summed E-state index contributed by atoms with van der Waals surface area (Å²) in [5.74, 6) is -1.00. The van der Waals surface area contributed by atoms with Crippen LogP contribution >= 0.6 is 12.2 Å². The van der Waals surface area contributed by atoms with Crippen molar-refractivity contribution in [3.8, 4) is 0 Å². The predicted molar refractivity (Wildman–Crippen MR) is 94.0 cm³/mol. The fourth-order valence-electron chi connectivity index (χ4n) is 2.63. The first-order valence-electron chi connectivity index (χ1n) is 7.35. The van der Waals surface area contributed by atoms with Gasteiger partial charge in [-0.1, -0.05) is 59.2 Å². The van der Waals surface area contributed by atoms with Crippen LogP contribution in [-0.2, 0) is 15.6 Å². The van der Waals surface area contributed by atoms with E-state index in [-0.39, 0.29) is 10.8 Å². The molecular weight excluding hydrogens is 294 g/mol. The van der Waals surface area contributed by atoms with Gasteiger partial charge in [-0.05, 0) is 46.7 Å². The Labute approximate surface area is 138 Å². The van der Waals surface area contributed by atoms with Gasteiger partial charge < -0.3 is 5.11 Å². The summed E-state index contributed by atoms with van der Waals surface area (Å²) in [4.78, 5) is 15.7. The number of aliphatic carboxylic acids is 1. The number of nitrogens with zero attached hydrogens (tertiary/aromatic N) is 1. The van der Waals surface area contributed by atoms with Gasteiger partial charge in [0, 0.05) is 0 Å². The van der Waals surface area contributed by atoms with E-state index in [2.05, 4.69) is 76.0 Å². The van der Waals surface area contributed by atoms with E-state index >= 15 is 0 Å². The molecule has 0 radical (unpaired) electrons. The Morgan fingerprint density at radius 1 is 1.14 bits per heavy atom. The monoisotopic (exact) mass is 319 g/mol. The summed E-state index contributed by atoms with van der Waals surface area (Å²) in [6.45, 7) is 14.5. The molecule has 1 unspecified atom stereocenters. The van der Waals surface area contributed by atoms with E-state index in [1.54, 1.807) is 0 Å². The Morgan fingerprint density at radius 2 is 1.55 bits per heavy atom. The maximum Gasteiger partial charge on any atom is 0.333 e. The molecule has 3 nitrogen and oxygen atoms in total. The molecule has 0 aliphatic heterocycles. The van der Waals surface area contributed by atoms with Crippen LogP contribution in [0, 0.1) is 6.92 Å². The van der Waals surface area contributed by atoms with Crippen molar-refractivity contribution in [2.75, 3.05) is 0 Å². The summed E-state index contributed by atoms with van der Waals surface area (Å²) in [6.07, 6.45) is 0. The Bertz CT molecular complexity index is 592. The number of aliphatic imine (C=N–C) groups is 1. The third-order valence-electron chi connectivity index (χ3n) is 3.63. The number of hydrogen-bond acceptors (Lipinski definition) is 3. The van der Waals surface area contributed by atoms with Gasteiger partial charge in [0.25, 0.3) is 0 Å². The second-order valence-corrected chi connectivity index (χ2v) is 7.92. The molecule has 0 aliphatic carbocycles. The minimum absolute atomic E-state index is 0.188. The number of hydrogen-bond donors (Lipinski definition) is 1. The van der Waals surface area contributed by atoms with E-state index in [1.165, 1.54) is 0 Å². The maximum atomic E-state index is 11.8. The molecule has 0 fully saturated rings. The molecule has 4 heteroatoms. The van der Waals surface area contributed by atoms with Crippen LogP contribution in [0.4, 0.5) is 0 Å². The van der Waals surface area contributed by atoms with Crippen LogP contribution in [0.2, 0.25) is 0 Å². The highest BCUT2D eigenvalue weighted by molar-refractivity contribution is 7.78. The summed E-state index contributed by atoms with van der Waals surface area (Å²) < 4.78 is 0. The van der Waals surface area contributed by atoms with Crippen LogP contribution < -0.4 is 0 Å². The smallest absolute Gasteiger partial charge is 0.333 e. The van der Waals surface area contributed by atoms with Crippen LogP contribution in [0.1, 0.15) is 69.8 Å². The van der Waals surface area contributed by atoms with E-state index in [0.29, 0.717) is 0 Å². The van der Waals surface area contributed by atoms with Crippen LogP contribution in [0.5, 0.6) is 0 Å². The highest BCUT2D eigenvalue weighted by Crippen LogP contribution is 2.39. The van der Waals surface area contributed by atoms with Gasteiger partial charge in [0.2, 0.25) is 0 Å². The number of rotatable bonds is 3. The summed E-state index contributed by atoms with van der Waals surface area (Å²) in [5.41, 5.74) is 3.49. The largest absolute Gasteiger partial charge is 0.479 e. The summed E-state index contributed by atoms with van der Waals surface area (Å²) in [5, 5.41) is 11.9. The molecule has 0 heterocycles. The molecule has 0 saturated carbocycles. The van der Waals surface area contributed by atoms with Gasteiger partial charge in [0.05, 0.1) is 5.16 Å². The normalized spacial score (nSPS) is 13.4. The number of carboxylic acid groups (broad SMARTS) is 1. The highest BCUT2D eigenvalue weighted by Gasteiger charge is 2.33. The van der Waals surface area contributed by atoms with Gasteiger partial charge in [-0.15, -0.1) is 0 Å². The number of carboxylic acids is 1. The zero-order valence-electron chi connectivity index (χ0n) is 14.4. The fourth-order valence-corrected chi connectivity index (χ4v) is 2.73. The van der Waals surface area contributed by atoms with Gasteiger partial charge >= 0.3 is 5.97 Å². The Morgan fingerprint density at radius 3 is 1.82 bits per heavy atom. The molecule has 1 aromatic carbocycles. The average Bonchev–Trinajstić information content (AvgIpc) is 2.33. The van der Waals surface area contributed by atoms with Crippen molar-refractivity contribution in [1.29, 1.82) is 0 Å². The molecular formula is C18H25NO2S. The van der Waals surface area contributed by atoms with Crippen molar-refractivity contribution in [2.24, 2.45) is 4.99 Å². The zero-order valence-corrected chi connectivity index (χ0v) is 15.3. The minimum Gasteiger partial charge on any atom is -0.479 e. The molecule has 0 amide bonds. The van der Waals surface area contributed by atoms with E-state index in [1.807, 2.05) is 6.92 Å². The zero-order chi connectivity index (χ0) is 17.3. The first-order chi connectivity index (χ1) is 9.89. The number of benzene rings is 1. The lowest BCUT2D eigenvalue weighted by molar-refractivity contribution is -0.138. The summed E-state index contributed by atoms with van der Waals surface area (Å²) >= 11 is 4.67. The highest BCUT2D eigenvalue weighted by atomic mass is 32.1. The standard InChI is InChI=1S/C18H25NO2S/c1-11-8-12(17(2,3)4)14(13(9-11)18(5,6)7)15(16(20)21)19-10-22/h8-9,15H,1-7H3,(H,20,21). The number of isothiocyanates is 1. The number of carbonyl (C=O) groups is 1. The fraction of sp³-hybridized carbons (Fsp3) is 0.556. The van der Waals surface area contributed by atoms with Crippen molar-refractivity contribution in [2.45, 2.75) is 65.3 Å². The minimum atomic E-state index is -1.01. The van der Waals surface area contributed by atoms with Gasteiger partial charge in [0.15, 0.2) is 6.04 Å². The molecule has 0 saturated heterocycles. The first-order valence-corrected chi connectivity index (χ1v) is 7.75. The van der Waals surface area contributed by atoms with Gasteiger partial charge in [-0.25, -0.2) is 9.79 Å². The van der Waals surface area contributed by atoms with Crippen molar-refractivity contribution in [3.63, 3.8) is 0 Å². The van der Waals surface area contributed by atoms with Crippen molar-refractivity contribution in [1.82, 2.24) is 0 Å². The van der Waals surface area contributed by atoms with E-state index in [4.69, 9.17) is 0 Å². The maximum absolute atomic E-state index is 11.8. The van der Waals surface area contributed by atoms with E-state index in [9.17, 15) is 9.90 Å². The summed E-state index contributed by atoms with van der Waals surface area (Å²) in [6, 6.07) is 3.10. The van der Waals surface area contributed by atoms with E-state index in [0.717, 1.165) is 22.3 Å². The van der Waals surface area contributed by atoms with Crippen LogP contribution in [0.15, 0.2) is 17.1 Å². The molecule has 0 bridgehead atoms. The molecule has 0 aromatic heterocycles. The topological polar surface area (TPSA) is 49.7 Å². The van der Waals surface area contributed by atoms with Crippen molar-refractivity contribution < 1.29 is 9.90 Å². The second-order valence-electron chi connectivity index (χ2n) is 7.73. The molecule has 1 atom stereocenters. The van der Waals surface area contributed by atoms with Crippen molar-refractivity contribution >= 4 is 23.3 Å².